The Labute approximate surface area is 283 Å². The fourth-order valence-electron chi connectivity index (χ4n) is 7.39. The molecule has 230 valence electrons. The third kappa shape index (κ3) is 5.40. The molecule has 0 nitrogen and oxygen atoms in total. The summed E-state index contributed by atoms with van der Waals surface area (Å²) >= 11 is 0. The van der Waals surface area contributed by atoms with Crippen LogP contribution in [-0.4, -0.2) is 0 Å². The van der Waals surface area contributed by atoms with Crippen LogP contribution in [-0.2, 0) is 0 Å². The first kappa shape index (κ1) is 29.7. The van der Waals surface area contributed by atoms with Crippen LogP contribution in [0.4, 0.5) is 0 Å². The molecule has 0 heteroatoms. The van der Waals surface area contributed by atoms with E-state index in [1.165, 1.54) is 88.0 Å². The molecule has 0 atom stereocenters. The van der Waals surface area contributed by atoms with Crippen molar-refractivity contribution in [1.82, 2.24) is 0 Å². The van der Waals surface area contributed by atoms with Crippen LogP contribution in [0, 0.1) is 0 Å². The van der Waals surface area contributed by atoms with E-state index in [0.29, 0.717) is 0 Å². The maximum atomic E-state index is 2.42. The second-order valence-corrected chi connectivity index (χ2v) is 12.7. The van der Waals surface area contributed by atoms with E-state index < -0.39 is 0 Å². The summed E-state index contributed by atoms with van der Waals surface area (Å²) in [5.74, 6) is 0. The summed E-state index contributed by atoms with van der Waals surface area (Å²) in [5, 5.41) is 7.59. The van der Waals surface area contributed by atoms with Gasteiger partial charge in [0.25, 0.3) is 0 Å². The lowest BCUT2D eigenvalue weighted by atomic mass is 9.84. The minimum atomic E-state index is 1.10. The molecule has 0 spiro atoms. The Morgan fingerprint density at radius 2 is 0.938 bits per heavy atom. The van der Waals surface area contributed by atoms with Gasteiger partial charge in [-0.1, -0.05) is 171 Å². The number of hydrogen-bond acceptors (Lipinski definition) is 0. The van der Waals surface area contributed by atoms with E-state index in [1.54, 1.807) is 0 Å². The van der Waals surface area contributed by atoms with E-state index >= 15 is 0 Å². The van der Waals surface area contributed by atoms with Crippen LogP contribution in [0.3, 0.4) is 0 Å². The summed E-state index contributed by atoms with van der Waals surface area (Å²) in [4.78, 5) is 0. The number of allylic oxidation sites excluding steroid dienone is 2. The van der Waals surface area contributed by atoms with Gasteiger partial charge in [0.05, 0.1) is 0 Å². The van der Waals surface area contributed by atoms with E-state index in [0.717, 1.165) is 12.8 Å². The predicted octanol–water partition coefficient (Wildman–Crippen LogP) is 14.0. The molecule has 0 aliphatic heterocycles. The Hall–Kier alpha value is -5.72. The van der Waals surface area contributed by atoms with E-state index in [4.69, 9.17) is 0 Å². The van der Waals surface area contributed by atoms with Crippen LogP contribution in [0.25, 0.3) is 82.4 Å². The zero-order valence-corrected chi connectivity index (χ0v) is 27.6. The summed E-state index contributed by atoms with van der Waals surface area (Å²) in [5.41, 5.74) is 12.7. The van der Waals surface area contributed by atoms with Gasteiger partial charge in [-0.25, -0.2) is 0 Å². The molecule has 0 saturated carbocycles. The molecule has 0 heterocycles. The van der Waals surface area contributed by atoms with Crippen LogP contribution in [0.15, 0.2) is 170 Å². The van der Waals surface area contributed by atoms with Crippen LogP contribution in [0.2, 0.25) is 0 Å². The van der Waals surface area contributed by atoms with Gasteiger partial charge in [-0.3, -0.25) is 0 Å². The smallest absolute Gasteiger partial charge is 0.00259 e. The molecule has 0 saturated heterocycles. The van der Waals surface area contributed by atoms with E-state index in [1.807, 2.05) is 0 Å². The lowest BCUT2D eigenvalue weighted by molar-refractivity contribution is 0.972. The molecule has 0 aliphatic carbocycles. The molecule has 8 aromatic carbocycles. The topological polar surface area (TPSA) is 0 Å². The summed E-state index contributed by atoms with van der Waals surface area (Å²) < 4.78 is 0. The highest BCUT2D eigenvalue weighted by molar-refractivity contribution is 6.22. The standard InChI is InChI=1S/C48H38/c1-3-12-33(4-2)36-19-21-38(22-20-36)41-29-30-45-46(32-41)48(42-28-25-35-15-8-9-16-40(35)31-42)44-18-11-10-17-43(44)47(45)39-26-23-37(24-27-39)34-13-6-5-7-14-34/h4-11,13-32H,3,12H2,1-2H3/b33-4+. The van der Waals surface area contributed by atoms with Gasteiger partial charge >= 0.3 is 0 Å². The van der Waals surface area contributed by atoms with Crippen molar-refractivity contribution in [2.24, 2.45) is 0 Å². The van der Waals surface area contributed by atoms with Gasteiger partial charge in [0.1, 0.15) is 0 Å². The zero-order valence-electron chi connectivity index (χ0n) is 27.6. The van der Waals surface area contributed by atoms with Crippen LogP contribution in [0.1, 0.15) is 32.3 Å². The third-order valence-corrected chi connectivity index (χ3v) is 9.80. The molecule has 0 aliphatic rings. The van der Waals surface area contributed by atoms with Crippen molar-refractivity contribution in [2.75, 3.05) is 0 Å². The molecule has 0 fully saturated rings. The van der Waals surface area contributed by atoms with Crippen molar-refractivity contribution < 1.29 is 0 Å². The first-order chi connectivity index (χ1) is 23.7. The molecule has 0 radical (unpaired) electrons. The maximum Gasteiger partial charge on any atom is -0.00259 e. The van der Waals surface area contributed by atoms with Crippen LogP contribution < -0.4 is 0 Å². The minimum absolute atomic E-state index is 1.10. The Balaban J connectivity index is 1.37. The number of fused-ring (bicyclic) bond motifs is 3. The summed E-state index contributed by atoms with van der Waals surface area (Å²) in [6.45, 7) is 4.39. The molecular weight excluding hydrogens is 577 g/mol. The van der Waals surface area contributed by atoms with Crippen molar-refractivity contribution in [2.45, 2.75) is 26.7 Å². The molecular formula is C48H38. The quantitative estimate of drug-likeness (QED) is 0.157. The number of hydrogen-bond donors (Lipinski definition) is 0. The average Bonchev–Trinajstić information content (AvgIpc) is 3.16. The van der Waals surface area contributed by atoms with Crippen molar-refractivity contribution in [3.05, 3.63) is 175 Å². The van der Waals surface area contributed by atoms with Gasteiger partial charge in [0.2, 0.25) is 0 Å². The van der Waals surface area contributed by atoms with Gasteiger partial charge in [0, 0.05) is 0 Å². The Bertz CT molecular complexity index is 2430. The van der Waals surface area contributed by atoms with Crippen LogP contribution in [0.5, 0.6) is 0 Å². The van der Waals surface area contributed by atoms with E-state index in [-0.39, 0.29) is 0 Å². The van der Waals surface area contributed by atoms with Gasteiger partial charge in [-0.05, 0) is 113 Å². The SMILES string of the molecule is C/C=C(\CCC)c1ccc(-c2ccc3c(-c4ccc(-c5ccccc5)cc4)c4ccccc4c(-c4ccc5ccccc5c4)c3c2)cc1. The largest absolute Gasteiger partial charge is 0.0838 e. The van der Waals surface area contributed by atoms with Gasteiger partial charge in [-0.2, -0.15) is 0 Å². The van der Waals surface area contributed by atoms with Crippen molar-refractivity contribution in [3.63, 3.8) is 0 Å². The van der Waals surface area contributed by atoms with Gasteiger partial charge in [-0.15, -0.1) is 0 Å². The highest BCUT2D eigenvalue weighted by Crippen LogP contribution is 2.45. The first-order valence-corrected chi connectivity index (χ1v) is 17.1. The number of rotatable bonds is 7. The Morgan fingerprint density at radius 1 is 0.417 bits per heavy atom. The summed E-state index contributed by atoms with van der Waals surface area (Å²) in [6, 6.07) is 60.5. The van der Waals surface area contributed by atoms with Crippen LogP contribution >= 0.6 is 0 Å². The molecule has 0 aromatic heterocycles. The number of benzene rings is 8. The van der Waals surface area contributed by atoms with Gasteiger partial charge < -0.3 is 0 Å². The lowest BCUT2D eigenvalue weighted by Crippen LogP contribution is -1.92. The normalized spacial score (nSPS) is 11.8. The maximum absolute atomic E-state index is 2.42. The molecule has 48 heavy (non-hydrogen) atoms. The fraction of sp³-hybridized carbons (Fsp3) is 0.0833. The fourth-order valence-corrected chi connectivity index (χ4v) is 7.39. The first-order valence-electron chi connectivity index (χ1n) is 17.1. The molecule has 0 N–H and O–H groups in total. The second-order valence-electron chi connectivity index (χ2n) is 12.7. The molecule has 0 bridgehead atoms. The summed E-state index contributed by atoms with van der Waals surface area (Å²) in [7, 11) is 0. The van der Waals surface area contributed by atoms with Crippen molar-refractivity contribution in [3.8, 4) is 44.5 Å². The highest BCUT2D eigenvalue weighted by atomic mass is 14.2. The predicted molar refractivity (Wildman–Crippen MR) is 209 cm³/mol. The monoisotopic (exact) mass is 614 g/mol. The van der Waals surface area contributed by atoms with E-state index in [9.17, 15) is 0 Å². The molecule has 8 rings (SSSR count). The van der Waals surface area contributed by atoms with E-state index in [2.05, 4.69) is 184 Å². The zero-order chi connectivity index (χ0) is 32.5. The third-order valence-electron chi connectivity index (χ3n) is 9.80. The van der Waals surface area contributed by atoms with Crippen molar-refractivity contribution >= 4 is 37.9 Å². The molecule has 8 aromatic rings. The second kappa shape index (κ2) is 12.8. The van der Waals surface area contributed by atoms with Crippen molar-refractivity contribution in [1.29, 1.82) is 0 Å². The Morgan fingerprint density at radius 3 is 1.65 bits per heavy atom. The Kier molecular flexibility index (Phi) is 7.92. The molecule has 0 amide bonds. The minimum Gasteiger partial charge on any atom is -0.0838 e. The lowest BCUT2D eigenvalue weighted by Gasteiger charge is -2.19. The molecule has 0 unspecified atom stereocenters. The average molecular weight is 615 g/mol. The van der Waals surface area contributed by atoms with Gasteiger partial charge in [0.15, 0.2) is 0 Å². The highest BCUT2D eigenvalue weighted by Gasteiger charge is 2.18. The summed E-state index contributed by atoms with van der Waals surface area (Å²) in [6.07, 6.45) is 4.50.